The van der Waals surface area contributed by atoms with Gasteiger partial charge in [0.2, 0.25) is 5.91 Å². The second kappa shape index (κ2) is 6.18. The van der Waals surface area contributed by atoms with Gasteiger partial charge in [-0.1, -0.05) is 32.1 Å². The Hall–Kier alpha value is -1.36. The van der Waals surface area contributed by atoms with E-state index in [9.17, 15) is 9.59 Å². The maximum Gasteiger partial charge on any atom is 0.345 e. The van der Waals surface area contributed by atoms with Gasteiger partial charge in [-0.25, -0.2) is 4.79 Å². The van der Waals surface area contributed by atoms with Gasteiger partial charge in [0.05, 0.1) is 6.54 Å². The van der Waals surface area contributed by atoms with E-state index in [1.807, 2.05) is 0 Å². The molecule has 0 bridgehead atoms. The van der Waals surface area contributed by atoms with Crippen molar-refractivity contribution in [3.05, 3.63) is 21.9 Å². The molecule has 2 saturated carbocycles. The normalized spacial score (nSPS) is 25.5. The number of hydrogen-bond acceptors (Lipinski definition) is 3. The minimum absolute atomic E-state index is 0.149. The molecule has 0 aromatic carbocycles. The van der Waals surface area contributed by atoms with Crippen molar-refractivity contribution in [1.29, 1.82) is 0 Å². The highest BCUT2D eigenvalue weighted by molar-refractivity contribution is 7.13. The zero-order valence-corrected chi connectivity index (χ0v) is 12.8. The van der Waals surface area contributed by atoms with Gasteiger partial charge in [-0.05, 0) is 30.4 Å². The molecule has 2 unspecified atom stereocenters. The molecule has 4 nitrogen and oxygen atoms in total. The van der Waals surface area contributed by atoms with Crippen molar-refractivity contribution in [2.45, 2.75) is 45.1 Å². The molecule has 2 aliphatic carbocycles. The summed E-state index contributed by atoms with van der Waals surface area (Å²) in [5.74, 6) is 0.804. The van der Waals surface area contributed by atoms with Crippen molar-refractivity contribution in [3.8, 4) is 0 Å². The molecule has 1 amide bonds. The number of rotatable bonds is 5. The standard InChI is InChI=1S/C16H21NO3S/c18-15(13-8-12(13)10-4-2-1-3-5-10)17-9-11-6-7-14(21-11)16(19)20/h6-7,10,12-13H,1-5,8-9H2,(H,17,18)(H,19,20). The van der Waals surface area contributed by atoms with Gasteiger partial charge in [-0.3, -0.25) is 4.79 Å². The third-order valence-electron chi connectivity index (χ3n) is 4.74. The lowest BCUT2D eigenvalue weighted by Crippen LogP contribution is -2.25. The first-order chi connectivity index (χ1) is 10.1. The predicted molar refractivity (Wildman–Crippen MR) is 81.3 cm³/mol. The van der Waals surface area contributed by atoms with Crippen molar-refractivity contribution in [3.63, 3.8) is 0 Å². The number of amides is 1. The van der Waals surface area contributed by atoms with Gasteiger partial charge in [0.15, 0.2) is 0 Å². The molecule has 0 radical (unpaired) electrons. The fourth-order valence-electron chi connectivity index (χ4n) is 3.49. The summed E-state index contributed by atoms with van der Waals surface area (Å²) in [6.07, 6.45) is 7.62. The molecule has 2 atom stereocenters. The number of carboxylic acid groups (broad SMARTS) is 1. The highest BCUT2D eigenvalue weighted by Gasteiger charge is 2.47. The molecule has 0 aliphatic heterocycles. The summed E-state index contributed by atoms with van der Waals surface area (Å²) in [7, 11) is 0. The summed E-state index contributed by atoms with van der Waals surface area (Å²) >= 11 is 1.23. The Kier molecular flexibility index (Phi) is 4.29. The van der Waals surface area contributed by atoms with Gasteiger partial charge in [0, 0.05) is 10.8 Å². The Labute approximate surface area is 128 Å². The van der Waals surface area contributed by atoms with Crippen LogP contribution < -0.4 is 5.32 Å². The average molecular weight is 307 g/mol. The van der Waals surface area contributed by atoms with E-state index < -0.39 is 5.97 Å². The zero-order chi connectivity index (χ0) is 14.8. The van der Waals surface area contributed by atoms with Crippen LogP contribution in [0.1, 0.15) is 53.1 Å². The van der Waals surface area contributed by atoms with E-state index in [2.05, 4.69) is 5.32 Å². The van der Waals surface area contributed by atoms with Crippen LogP contribution in [-0.2, 0) is 11.3 Å². The monoisotopic (exact) mass is 307 g/mol. The third kappa shape index (κ3) is 3.46. The van der Waals surface area contributed by atoms with E-state index >= 15 is 0 Å². The number of nitrogens with one attached hydrogen (secondary N) is 1. The highest BCUT2D eigenvalue weighted by Crippen LogP contribution is 2.49. The fraction of sp³-hybridized carbons (Fsp3) is 0.625. The Bertz CT molecular complexity index is 533. The summed E-state index contributed by atoms with van der Waals surface area (Å²) in [6, 6.07) is 3.37. The summed E-state index contributed by atoms with van der Waals surface area (Å²) in [6.45, 7) is 0.449. The van der Waals surface area contributed by atoms with Gasteiger partial charge in [0.1, 0.15) is 4.88 Å². The van der Waals surface area contributed by atoms with Crippen LogP contribution in [0.5, 0.6) is 0 Å². The van der Waals surface area contributed by atoms with Crippen molar-refractivity contribution in [1.82, 2.24) is 5.32 Å². The van der Waals surface area contributed by atoms with Gasteiger partial charge < -0.3 is 10.4 Å². The molecule has 114 valence electrons. The van der Waals surface area contributed by atoms with Crippen LogP contribution >= 0.6 is 11.3 Å². The smallest absolute Gasteiger partial charge is 0.345 e. The Morgan fingerprint density at radius 2 is 2.00 bits per heavy atom. The molecule has 3 rings (SSSR count). The van der Waals surface area contributed by atoms with Gasteiger partial charge in [0.25, 0.3) is 0 Å². The van der Waals surface area contributed by atoms with Crippen molar-refractivity contribution >= 4 is 23.2 Å². The van der Waals surface area contributed by atoms with E-state index in [0.717, 1.165) is 17.2 Å². The van der Waals surface area contributed by atoms with Crippen LogP contribution in [0, 0.1) is 17.8 Å². The minimum Gasteiger partial charge on any atom is -0.477 e. The Morgan fingerprint density at radius 3 is 2.67 bits per heavy atom. The molecule has 0 saturated heterocycles. The zero-order valence-electron chi connectivity index (χ0n) is 12.0. The first-order valence-electron chi connectivity index (χ1n) is 7.75. The van der Waals surface area contributed by atoms with Crippen LogP contribution in [0.15, 0.2) is 12.1 Å². The highest BCUT2D eigenvalue weighted by atomic mass is 32.1. The molecule has 1 heterocycles. The largest absolute Gasteiger partial charge is 0.477 e. The number of carbonyl (C=O) groups excluding carboxylic acids is 1. The third-order valence-corrected chi connectivity index (χ3v) is 5.81. The second-order valence-corrected chi connectivity index (χ2v) is 7.36. The van der Waals surface area contributed by atoms with Crippen molar-refractivity contribution in [2.75, 3.05) is 0 Å². The van der Waals surface area contributed by atoms with Crippen LogP contribution in [-0.4, -0.2) is 17.0 Å². The first kappa shape index (κ1) is 14.6. The molecule has 2 N–H and O–H groups in total. The van der Waals surface area contributed by atoms with Crippen molar-refractivity contribution < 1.29 is 14.7 Å². The van der Waals surface area contributed by atoms with Gasteiger partial charge in [-0.2, -0.15) is 0 Å². The van der Waals surface area contributed by atoms with Crippen molar-refractivity contribution in [2.24, 2.45) is 17.8 Å². The topological polar surface area (TPSA) is 66.4 Å². The minimum atomic E-state index is -0.905. The molecule has 2 aliphatic rings. The maximum atomic E-state index is 12.1. The van der Waals surface area contributed by atoms with E-state index in [1.54, 1.807) is 12.1 Å². The number of carbonyl (C=O) groups is 2. The van der Waals surface area contributed by atoms with E-state index in [0.29, 0.717) is 17.3 Å². The fourth-order valence-corrected chi connectivity index (χ4v) is 4.28. The van der Waals surface area contributed by atoms with E-state index in [4.69, 9.17) is 5.11 Å². The molecular weight excluding hydrogens is 286 g/mol. The number of hydrogen-bond donors (Lipinski definition) is 2. The number of carboxylic acids is 1. The maximum absolute atomic E-state index is 12.1. The lowest BCUT2D eigenvalue weighted by atomic mass is 9.85. The van der Waals surface area contributed by atoms with Crippen LogP contribution in [0.4, 0.5) is 0 Å². The van der Waals surface area contributed by atoms with E-state index in [1.165, 1.54) is 43.4 Å². The lowest BCUT2D eigenvalue weighted by molar-refractivity contribution is -0.123. The summed E-state index contributed by atoms with van der Waals surface area (Å²) in [5, 5.41) is 11.8. The second-order valence-electron chi connectivity index (χ2n) is 6.19. The predicted octanol–water partition coefficient (Wildman–Crippen LogP) is 3.28. The molecule has 5 heteroatoms. The number of thiophene rings is 1. The van der Waals surface area contributed by atoms with Crippen LogP contribution in [0.3, 0.4) is 0 Å². The Balaban J connectivity index is 1.45. The van der Waals surface area contributed by atoms with Crippen LogP contribution in [0.2, 0.25) is 0 Å². The summed E-state index contributed by atoms with van der Waals surface area (Å²) < 4.78 is 0. The van der Waals surface area contributed by atoms with Gasteiger partial charge in [-0.15, -0.1) is 11.3 Å². The summed E-state index contributed by atoms with van der Waals surface area (Å²) in [4.78, 5) is 24.2. The molecule has 1 aromatic heterocycles. The SMILES string of the molecule is O=C(O)c1ccc(CNC(=O)C2CC2C2CCCCC2)s1. The number of aromatic carboxylic acids is 1. The lowest BCUT2D eigenvalue weighted by Gasteiger charge is -2.21. The molecule has 0 spiro atoms. The molecule has 2 fully saturated rings. The first-order valence-corrected chi connectivity index (χ1v) is 8.56. The Morgan fingerprint density at radius 1 is 1.24 bits per heavy atom. The molecule has 21 heavy (non-hydrogen) atoms. The van der Waals surface area contributed by atoms with E-state index in [-0.39, 0.29) is 11.8 Å². The quantitative estimate of drug-likeness (QED) is 0.877. The van der Waals surface area contributed by atoms with Gasteiger partial charge >= 0.3 is 5.97 Å². The molecule has 1 aromatic rings. The van der Waals surface area contributed by atoms with Crippen LogP contribution in [0.25, 0.3) is 0 Å². The molecular formula is C16H21NO3S. The average Bonchev–Trinajstić information content (AvgIpc) is 3.15. The summed E-state index contributed by atoms with van der Waals surface area (Å²) in [5.41, 5.74) is 0.